The molecule has 2 rings (SSSR count). The second-order valence-electron chi connectivity index (χ2n) is 11.8. The predicted octanol–water partition coefficient (Wildman–Crippen LogP) is 0.192. The zero-order valence-corrected chi connectivity index (χ0v) is 32.8. The van der Waals surface area contributed by atoms with E-state index in [2.05, 4.69) is 44.2 Å². The summed E-state index contributed by atoms with van der Waals surface area (Å²) in [4.78, 5) is 12.2. The Bertz CT molecular complexity index is 757. The van der Waals surface area contributed by atoms with E-state index >= 15 is 0 Å². The standard InChI is InChI=1S/C30H56O12.I3/c1-2-3-4-5-6-7-8-9-10-11-12-13-14-15-16-17-23(33)39-19-22-24(34)26(36)27(37)29(40-22)42-30(20-32)28(38)25(35)21(18-31)41-30;1-3-2/h21-22,24-29,31-32,34-38H,2-20H2,1H3;/q;-1. The maximum atomic E-state index is 12.2. The summed E-state index contributed by atoms with van der Waals surface area (Å²) in [5.74, 6) is -2.76. The number of aliphatic hydroxyl groups is 7. The maximum absolute atomic E-state index is 12.2. The van der Waals surface area contributed by atoms with Gasteiger partial charge in [0.05, 0.1) is 6.61 Å². The van der Waals surface area contributed by atoms with Gasteiger partial charge in [0, 0.05) is 6.42 Å². The van der Waals surface area contributed by atoms with Gasteiger partial charge in [-0.15, -0.1) is 0 Å². The molecule has 0 radical (unpaired) electrons. The van der Waals surface area contributed by atoms with Gasteiger partial charge < -0.3 is 54.7 Å². The minimum atomic E-state index is -2.27. The molecule has 2 heterocycles. The number of carbonyl (C=O) groups excluding carboxylic acids is 1. The molecule has 15 heteroatoms. The van der Waals surface area contributed by atoms with Crippen molar-refractivity contribution in [3.8, 4) is 0 Å². The number of halogens is 3. The van der Waals surface area contributed by atoms with Crippen molar-refractivity contribution in [3.63, 3.8) is 0 Å². The first kappa shape index (κ1) is 44.3. The van der Waals surface area contributed by atoms with E-state index in [0.29, 0.717) is 19.7 Å². The normalized spacial score (nSPS) is 31.5. The van der Waals surface area contributed by atoms with E-state index in [1.807, 2.05) is 0 Å². The van der Waals surface area contributed by atoms with Gasteiger partial charge in [0.2, 0.25) is 5.79 Å². The van der Waals surface area contributed by atoms with Gasteiger partial charge in [-0.1, -0.05) is 96.8 Å². The first-order chi connectivity index (χ1) is 21.6. The second kappa shape index (κ2) is 26.1. The Kier molecular flexibility index (Phi) is 25.7. The molecule has 9 unspecified atom stereocenters. The number of esters is 1. The third kappa shape index (κ3) is 16.2. The molecular formula is C30H56I3O12-. The molecule has 0 amide bonds. The Morgan fingerprint density at radius 1 is 0.733 bits per heavy atom. The van der Waals surface area contributed by atoms with Crippen molar-refractivity contribution in [2.45, 2.75) is 164 Å². The van der Waals surface area contributed by atoms with Crippen LogP contribution in [-0.4, -0.2) is 116 Å². The van der Waals surface area contributed by atoms with Crippen molar-refractivity contribution >= 4 is 43.2 Å². The molecule has 0 spiro atoms. The van der Waals surface area contributed by atoms with Gasteiger partial charge in [0.15, 0.2) is 6.29 Å². The predicted molar refractivity (Wildman–Crippen MR) is 180 cm³/mol. The molecule has 2 aliphatic heterocycles. The zero-order chi connectivity index (χ0) is 33.7. The van der Waals surface area contributed by atoms with Gasteiger partial charge in [0.1, 0.15) is 55.9 Å². The molecule has 9 atom stereocenters. The number of hydrogen-bond acceptors (Lipinski definition) is 12. The van der Waals surface area contributed by atoms with Gasteiger partial charge in [0.25, 0.3) is 0 Å². The molecule has 270 valence electrons. The topological polar surface area (TPSA) is 196 Å². The van der Waals surface area contributed by atoms with E-state index in [4.69, 9.17) is 18.9 Å². The summed E-state index contributed by atoms with van der Waals surface area (Å²) in [5, 5.41) is 70.5. The second-order valence-corrected chi connectivity index (χ2v) is 28.1. The van der Waals surface area contributed by atoms with E-state index in [-0.39, 0.29) is 6.42 Å². The minimum absolute atomic E-state index is 0.195. The van der Waals surface area contributed by atoms with Gasteiger partial charge in [-0.05, 0) is 6.42 Å². The molecule has 45 heavy (non-hydrogen) atoms. The van der Waals surface area contributed by atoms with Crippen LogP contribution < -0.4 is 13.3 Å². The van der Waals surface area contributed by atoms with Crippen LogP contribution in [-0.2, 0) is 23.7 Å². The Balaban J connectivity index is 0.00000324. The number of rotatable bonds is 22. The van der Waals surface area contributed by atoms with E-state index < -0.39 is 80.6 Å². The Morgan fingerprint density at radius 3 is 1.67 bits per heavy atom. The molecule has 2 fully saturated rings. The third-order valence-corrected chi connectivity index (χ3v) is 8.28. The van der Waals surface area contributed by atoms with Crippen LogP contribution in [0, 0.1) is 0 Å². The van der Waals surface area contributed by atoms with E-state index in [1.54, 1.807) is 0 Å². The molecule has 7 N–H and O–H groups in total. The van der Waals surface area contributed by atoms with Crippen LogP contribution in [0.3, 0.4) is 0 Å². The quantitative estimate of drug-likeness (QED) is 0.0444. The van der Waals surface area contributed by atoms with Crippen molar-refractivity contribution in [1.82, 2.24) is 0 Å². The van der Waals surface area contributed by atoms with Crippen molar-refractivity contribution in [1.29, 1.82) is 0 Å². The van der Waals surface area contributed by atoms with Gasteiger partial charge >= 0.3 is 56.5 Å². The fourth-order valence-electron chi connectivity index (χ4n) is 5.51. The summed E-state index contributed by atoms with van der Waals surface area (Å²) < 4.78 is 21.5. The number of hydrogen-bond donors (Lipinski definition) is 7. The Morgan fingerprint density at radius 2 is 1.22 bits per heavy atom. The van der Waals surface area contributed by atoms with Gasteiger partial charge in [-0.3, -0.25) is 4.79 Å². The van der Waals surface area contributed by atoms with Crippen LogP contribution in [0.15, 0.2) is 0 Å². The van der Waals surface area contributed by atoms with Gasteiger partial charge in [-0.2, -0.15) is 0 Å². The first-order valence-corrected chi connectivity index (χ1v) is 28.8. The molecule has 0 bridgehead atoms. The fraction of sp³-hybridized carbons (Fsp3) is 0.967. The summed E-state index contributed by atoms with van der Waals surface area (Å²) in [6.45, 7) is 0.146. The molecule has 2 saturated heterocycles. The fourth-order valence-corrected chi connectivity index (χ4v) is 5.51. The molecule has 0 aromatic carbocycles. The average Bonchev–Trinajstić information content (AvgIpc) is 3.27. The summed E-state index contributed by atoms with van der Waals surface area (Å²) >= 11 is 5.30. The average molecular weight is 989 g/mol. The Hall–Kier alpha value is 1.26. The molecule has 2 aliphatic rings. The van der Waals surface area contributed by atoms with Crippen LogP contribution >= 0.6 is 37.2 Å². The van der Waals surface area contributed by atoms with Crippen LogP contribution in [0.25, 0.3) is 0 Å². The molecule has 0 aliphatic carbocycles. The number of unbranched alkanes of at least 4 members (excludes halogenated alkanes) is 14. The molecular weight excluding hydrogens is 933 g/mol. The third-order valence-electron chi connectivity index (χ3n) is 8.28. The number of aliphatic hydroxyl groups excluding tert-OH is 7. The van der Waals surface area contributed by atoms with Crippen LogP contribution in [0.5, 0.6) is 0 Å². The molecule has 0 aromatic rings. The SMILES string of the molecule is CCCCCCCCCCCCCCCCCC(=O)OCC1OC(OC2(CO)OC(CO)C(O)C2O)C(O)C(O)C1O.I[I-]I. The van der Waals surface area contributed by atoms with Crippen LogP contribution in [0.1, 0.15) is 110 Å². The first-order valence-electron chi connectivity index (χ1n) is 16.3. The Labute approximate surface area is 297 Å². The van der Waals surface area contributed by atoms with Gasteiger partial charge in [-0.25, -0.2) is 0 Å². The number of carbonyl (C=O) groups is 1. The summed E-state index contributed by atoms with van der Waals surface area (Å²) in [6.07, 6.45) is 5.52. The van der Waals surface area contributed by atoms with E-state index in [9.17, 15) is 40.5 Å². The van der Waals surface area contributed by atoms with Crippen molar-refractivity contribution in [3.05, 3.63) is 0 Å². The van der Waals surface area contributed by atoms with Crippen molar-refractivity contribution in [2.75, 3.05) is 19.8 Å². The summed E-state index contributed by atoms with van der Waals surface area (Å²) in [7, 11) is 0. The van der Waals surface area contributed by atoms with Crippen LogP contribution in [0.2, 0.25) is 0 Å². The zero-order valence-electron chi connectivity index (χ0n) is 26.4. The van der Waals surface area contributed by atoms with E-state index in [0.717, 1.165) is 19.3 Å². The van der Waals surface area contributed by atoms with Crippen molar-refractivity contribution < 1.29 is 72.7 Å². The number of ether oxygens (including phenoxy) is 4. The van der Waals surface area contributed by atoms with Crippen molar-refractivity contribution in [2.24, 2.45) is 0 Å². The van der Waals surface area contributed by atoms with Crippen LogP contribution in [0.4, 0.5) is 0 Å². The van der Waals surface area contributed by atoms with E-state index in [1.165, 1.54) is 70.6 Å². The summed E-state index contributed by atoms with van der Waals surface area (Å²) in [6, 6.07) is 0. The molecule has 12 nitrogen and oxygen atoms in total. The summed E-state index contributed by atoms with van der Waals surface area (Å²) in [5.41, 5.74) is 0. The molecule has 0 saturated carbocycles. The monoisotopic (exact) mass is 989 g/mol. The molecule has 0 aromatic heterocycles.